The van der Waals surface area contributed by atoms with Crippen LogP contribution in [0.5, 0.6) is 5.75 Å². The molecular formula is C19H16ClNO2. The van der Waals surface area contributed by atoms with Gasteiger partial charge in [0, 0.05) is 0 Å². The molecule has 1 amide bonds. The molecule has 0 saturated carbocycles. The topological polar surface area (TPSA) is 38.3 Å². The fourth-order valence-electron chi connectivity index (χ4n) is 2.33. The van der Waals surface area contributed by atoms with Crippen LogP contribution >= 0.6 is 11.6 Å². The monoisotopic (exact) mass is 325 g/mol. The van der Waals surface area contributed by atoms with Gasteiger partial charge in [-0.15, -0.1) is 0 Å². The molecular weight excluding hydrogens is 310 g/mol. The molecule has 0 heterocycles. The van der Waals surface area contributed by atoms with Crippen molar-refractivity contribution in [1.29, 1.82) is 0 Å². The highest BCUT2D eigenvalue weighted by Gasteiger charge is 2.07. The third-order valence-corrected chi connectivity index (χ3v) is 3.82. The molecule has 0 fully saturated rings. The molecule has 3 aromatic carbocycles. The zero-order valence-corrected chi connectivity index (χ0v) is 13.4. The zero-order valence-electron chi connectivity index (χ0n) is 12.7. The lowest BCUT2D eigenvalue weighted by Crippen LogP contribution is -2.20. The van der Waals surface area contributed by atoms with Gasteiger partial charge in [-0.1, -0.05) is 48.0 Å². The molecule has 4 heteroatoms. The van der Waals surface area contributed by atoms with Gasteiger partial charge in [0.15, 0.2) is 6.61 Å². The van der Waals surface area contributed by atoms with Crippen LogP contribution < -0.4 is 10.1 Å². The normalized spacial score (nSPS) is 10.5. The van der Waals surface area contributed by atoms with Gasteiger partial charge in [0.2, 0.25) is 0 Å². The van der Waals surface area contributed by atoms with Crippen LogP contribution in [0.25, 0.3) is 10.8 Å². The third kappa shape index (κ3) is 3.82. The molecule has 0 aliphatic heterocycles. The summed E-state index contributed by atoms with van der Waals surface area (Å²) in [6, 6.07) is 19.2. The summed E-state index contributed by atoms with van der Waals surface area (Å²) in [7, 11) is 0. The van der Waals surface area contributed by atoms with Crippen molar-refractivity contribution >= 4 is 34.0 Å². The number of benzene rings is 3. The largest absolute Gasteiger partial charge is 0.484 e. The Bertz CT molecular complexity index is 861. The summed E-state index contributed by atoms with van der Waals surface area (Å²) in [5.41, 5.74) is 1.62. The van der Waals surface area contributed by atoms with Crippen molar-refractivity contribution in [1.82, 2.24) is 0 Å². The Kier molecular flexibility index (Phi) is 4.49. The number of rotatable bonds is 4. The van der Waals surface area contributed by atoms with E-state index in [-0.39, 0.29) is 12.5 Å². The molecule has 23 heavy (non-hydrogen) atoms. The van der Waals surface area contributed by atoms with Crippen molar-refractivity contribution in [3.8, 4) is 5.75 Å². The van der Waals surface area contributed by atoms with E-state index in [0.29, 0.717) is 16.5 Å². The standard InChI is InChI=1S/C19H16ClNO2/c1-13-6-9-17(20)18(10-13)21-19(22)12-23-16-8-7-14-4-2-3-5-15(14)11-16/h2-11H,12H2,1H3,(H,21,22). The van der Waals surface area contributed by atoms with Crippen molar-refractivity contribution in [2.24, 2.45) is 0 Å². The molecule has 3 rings (SSSR count). The molecule has 0 aromatic heterocycles. The van der Waals surface area contributed by atoms with Gasteiger partial charge >= 0.3 is 0 Å². The summed E-state index contributed by atoms with van der Waals surface area (Å²) in [6.45, 7) is 1.88. The van der Waals surface area contributed by atoms with E-state index in [2.05, 4.69) is 5.32 Å². The SMILES string of the molecule is Cc1ccc(Cl)c(NC(=O)COc2ccc3ccccc3c2)c1. The predicted octanol–water partition coefficient (Wildman–Crippen LogP) is 4.82. The van der Waals surface area contributed by atoms with Crippen LogP contribution in [0.1, 0.15) is 5.56 Å². The van der Waals surface area contributed by atoms with Crippen LogP contribution in [0.4, 0.5) is 5.69 Å². The highest BCUT2D eigenvalue weighted by Crippen LogP contribution is 2.23. The molecule has 0 aliphatic rings. The number of carbonyl (C=O) groups excluding carboxylic acids is 1. The summed E-state index contributed by atoms with van der Waals surface area (Å²) in [6.07, 6.45) is 0. The predicted molar refractivity (Wildman–Crippen MR) is 94.3 cm³/mol. The number of anilines is 1. The van der Waals surface area contributed by atoms with Crippen molar-refractivity contribution in [3.63, 3.8) is 0 Å². The van der Waals surface area contributed by atoms with Gasteiger partial charge in [0.25, 0.3) is 5.91 Å². The fraction of sp³-hybridized carbons (Fsp3) is 0.105. The van der Waals surface area contributed by atoms with E-state index < -0.39 is 0 Å². The second kappa shape index (κ2) is 6.71. The number of aryl methyl sites for hydroxylation is 1. The van der Waals surface area contributed by atoms with Crippen LogP contribution in [0, 0.1) is 6.92 Å². The maximum atomic E-state index is 12.0. The molecule has 0 saturated heterocycles. The average molecular weight is 326 g/mol. The van der Waals surface area contributed by atoms with Gasteiger partial charge in [-0.2, -0.15) is 0 Å². The Labute approximate surface area is 139 Å². The number of carbonyl (C=O) groups is 1. The maximum absolute atomic E-state index is 12.0. The number of ether oxygens (including phenoxy) is 1. The van der Waals surface area contributed by atoms with Gasteiger partial charge in [-0.3, -0.25) is 4.79 Å². The van der Waals surface area contributed by atoms with Crippen molar-refractivity contribution in [2.75, 3.05) is 11.9 Å². The Hall–Kier alpha value is -2.52. The van der Waals surface area contributed by atoms with Gasteiger partial charge in [-0.05, 0) is 47.5 Å². The first-order valence-corrected chi connectivity index (χ1v) is 7.67. The van der Waals surface area contributed by atoms with E-state index in [4.69, 9.17) is 16.3 Å². The molecule has 0 atom stereocenters. The molecule has 0 spiro atoms. The average Bonchev–Trinajstić information content (AvgIpc) is 2.56. The fourth-order valence-corrected chi connectivity index (χ4v) is 2.49. The van der Waals surface area contributed by atoms with E-state index in [1.807, 2.05) is 61.5 Å². The number of nitrogens with one attached hydrogen (secondary N) is 1. The van der Waals surface area contributed by atoms with E-state index >= 15 is 0 Å². The molecule has 3 nitrogen and oxygen atoms in total. The van der Waals surface area contributed by atoms with E-state index in [1.54, 1.807) is 6.07 Å². The minimum absolute atomic E-state index is 0.0669. The van der Waals surface area contributed by atoms with Crippen LogP contribution in [0.2, 0.25) is 5.02 Å². The molecule has 0 bridgehead atoms. The van der Waals surface area contributed by atoms with Gasteiger partial charge in [0.1, 0.15) is 5.75 Å². The first-order valence-electron chi connectivity index (χ1n) is 7.29. The highest BCUT2D eigenvalue weighted by molar-refractivity contribution is 6.33. The summed E-state index contributed by atoms with van der Waals surface area (Å²) >= 11 is 6.07. The first kappa shape index (κ1) is 15.4. The van der Waals surface area contributed by atoms with Crippen molar-refractivity contribution < 1.29 is 9.53 Å². The molecule has 116 valence electrons. The Morgan fingerprint density at radius 3 is 2.65 bits per heavy atom. The Morgan fingerprint density at radius 2 is 1.83 bits per heavy atom. The van der Waals surface area contributed by atoms with Crippen LogP contribution in [0.15, 0.2) is 60.7 Å². The molecule has 0 aliphatic carbocycles. The highest BCUT2D eigenvalue weighted by atomic mass is 35.5. The number of amides is 1. The number of halogens is 1. The smallest absolute Gasteiger partial charge is 0.262 e. The van der Waals surface area contributed by atoms with Gasteiger partial charge in [-0.25, -0.2) is 0 Å². The summed E-state index contributed by atoms with van der Waals surface area (Å²) in [4.78, 5) is 12.0. The lowest BCUT2D eigenvalue weighted by molar-refractivity contribution is -0.118. The van der Waals surface area contributed by atoms with Crippen LogP contribution in [-0.2, 0) is 4.79 Å². The van der Waals surface area contributed by atoms with E-state index in [0.717, 1.165) is 16.3 Å². The summed E-state index contributed by atoms with van der Waals surface area (Å²) < 4.78 is 5.56. The van der Waals surface area contributed by atoms with Crippen LogP contribution in [0.3, 0.4) is 0 Å². The number of fused-ring (bicyclic) bond motifs is 1. The lowest BCUT2D eigenvalue weighted by Gasteiger charge is -2.10. The maximum Gasteiger partial charge on any atom is 0.262 e. The summed E-state index contributed by atoms with van der Waals surface area (Å²) in [5, 5.41) is 5.48. The molecule has 3 aromatic rings. The quantitative estimate of drug-likeness (QED) is 0.747. The van der Waals surface area contributed by atoms with Crippen LogP contribution in [-0.4, -0.2) is 12.5 Å². The summed E-state index contributed by atoms with van der Waals surface area (Å²) in [5.74, 6) is 0.417. The third-order valence-electron chi connectivity index (χ3n) is 3.49. The zero-order chi connectivity index (χ0) is 16.2. The second-order valence-corrected chi connectivity index (χ2v) is 5.74. The Morgan fingerprint density at radius 1 is 1.04 bits per heavy atom. The van der Waals surface area contributed by atoms with E-state index in [9.17, 15) is 4.79 Å². The first-order chi connectivity index (χ1) is 11.1. The van der Waals surface area contributed by atoms with E-state index in [1.165, 1.54) is 0 Å². The molecule has 0 unspecified atom stereocenters. The lowest BCUT2D eigenvalue weighted by atomic mass is 10.1. The van der Waals surface area contributed by atoms with Gasteiger partial charge < -0.3 is 10.1 Å². The minimum atomic E-state index is -0.245. The van der Waals surface area contributed by atoms with Crippen molar-refractivity contribution in [3.05, 3.63) is 71.2 Å². The van der Waals surface area contributed by atoms with Crippen molar-refractivity contribution in [2.45, 2.75) is 6.92 Å². The molecule has 1 N–H and O–H groups in total. The minimum Gasteiger partial charge on any atom is -0.484 e. The number of hydrogen-bond acceptors (Lipinski definition) is 2. The Balaban J connectivity index is 1.64. The second-order valence-electron chi connectivity index (χ2n) is 5.33. The number of hydrogen-bond donors (Lipinski definition) is 1. The molecule has 0 radical (unpaired) electrons. The van der Waals surface area contributed by atoms with Gasteiger partial charge in [0.05, 0.1) is 10.7 Å².